The van der Waals surface area contributed by atoms with Gasteiger partial charge in [-0.15, -0.1) is 0 Å². The van der Waals surface area contributed by atoms with Crippen LogP contribution in [0.3, 0.4) is 0 Å². The third-order valence-electron chi connectivity index (χ3n) is 4.17. The highest BCUT2D eigenvalue weighted by Gasteiger charge is 2.18. The van der Waals surface area contributed by atoms with Crippen molar-refractivity contribution >= 4 is 29.1 Å². The number of nitrogens with zero attached hydrogens (tertiary/aromatic N) is 4. The molecule has 0 aliphatic rings. The summed E-state index contributed by atoms with van der Waals surface area (Å²) in [5.74, 6) is -0.0344. The van der Waals surface area contributed by atoms with E-state index in [0.29, 0.717) is 23.0 Å². The molecule has 9 nitrogen and oxygen atoms in total. The quantitative estimate of drug-likeness (QED) is 0.629. The molecular weight excluding hydrogens is 384 g/mol. The van der Waals surface area contributed by atoms with E-state index in [9.17, 15) is 9.59 Å². The van der Waals surface area contributed by atoms with Crippen LogP contribution in [0.15, 0.2) is 29.0 Å². The first-order valence-electron chi connectivity index (χ1n) is 8.68. The Hall–Kier alpha value is -3.07. The van der Waals surface area contributed by atoms with E-state index in [-0.39, 0.29) is 24.6 Å². The van der Waals surface area contributed by atoms with Gasteiger partial charge < -0.3 is 15.1 Å². The summed E-state index contributed by atoms with van der Waals surface area (Å²) in [7, 11) is 1.68. The summed E-state index contributed by atoms with van der Waals surface area (Å²) in [6.07, 6.45) is 3.30. The lowest BCUT2D eigenvalue weighted by Crippen LogP contribution is -2.25. The maximum atomic E-state index is 12.4. The minimum absolute atomic E-state index is 0.136. The molecule has 0 unspecified atom stereocenters. The van der Waals surface area contributed by atoms with Crippen LogP contribution in [0.5, 0.6) is 0 Å². The normalized spacial score (nSPS) is 10.9. The summed E-state index contributed by atoms with van der Waals surface area (Å²) in [6.45, 7) is 4.28. The van der Waals surface area contributed by atoms with Gasteiger partial charge in [0.15, 0.2) is 5.69 Å². The van der Waals surface area contributed by atoms with Gasteiger partial charge in [-0.1, -0.05) is 11.6 Å². The highest BCUT2D eigenvalue weighted by molar-refractivity contribution is 6.31. The molecule has 2 amide bonds. The Labute approximate surface area is 166 Å². The third-order valence-corrected chi connectivity index (χ3v) is 4.71. The fraction of sp³-hybridized carbons (Fsp3) is 0.333. The minimum atomic E-state index is -0.405. The molecule has 0 bridgehead atoms. The lowest BCUT2D eigenvalue weighted by molar-refractivity contribution is -0.116. The summed E-state index contributed by atoms with van der Waals surface area (Å²) in [4.78, 5) is 24.8. The van der Waals surface area contributed by atoms with Crippen molar-refractivity contribution in [2.24, 2.45) is 7.05 Å². The monoisotopic (exact) mass is 404 g/mol. The molecule has 0 aliphatic heterocycles. The molecule has 0 aromatic carbocycles. The second-order valence-corrected chi connectivity index (χ2v) is 6.71. The van der Waals surface area contributed by atoms with E-state index in [1.165, 1.54) is 10.9 Å². The molecule has 10 heteroatoms. The largest absolute Gasteiger partial charge is 0.467 e. The van der Waals surface area contributed by atoms with Crippen LogP contribution in [0.1, 0.15) is 34.1 Å². The van der Waals surface area contributed by atoms with Gasteiger partial charge in [-0.25, -0.2) is 0 Å². The highest BCUT2D eigenvalue weighted by Crippen LogP contribution is 2.19. The van der Waals surface area contributed by atoms with Crippen LogP contribution in [0.4, 0.5) is 5.69 Å². The number of nitrogens with one attached hydrogen (secondary N) is 2. The second kappa shape index (κ2) is 8.30. The Morgan fingerprint density at radius 3 is 2.71 bits per heavy atom. The first-order chi connectivity index (χ1) is 13.3. The van der Waals surface area contributed by atoms with Gasteiger partial charge >= 0.3 is 0 Å². The molecule has 3 aromatic rings. The number of halogens is 1. The van der Waals surface area contributed by atoms with Gasteiger partial charge in [0.1, 0.15) is 5.76 Å². The van der Waals surface area contributed by atoms with E-state index in [1.807, 2.05) is 13.8 Å². The Kier molecular flexibility index (Phi) is 5.84. The number of amides is 2. The van der Waals surface area contributed by atoms with Gasteiger partial charge in [0.2, 0.25) is 5.91 Å². The number of hydrogen-bond donors (Lipinski definition) is 2. The summed E-state index contributed by atoms with van der Waals surface area (Å²) in [6, 6.07) is 3.50. The average molecular weight is 405 g/mol. The Bertz CT molecular complexity index is 990. The molecule has 3 aromatic heterocycles. The summed E-state index contributed by atoms with van der Waals surface area (Å²) < 4.78 is 8.35. The highest BCUT2D eigenvalue weighted by atomic mass is 35.5. The van der Waals surface area contributed by atoms with E-state index in [1.54, 1.807) is 30.1 Å². The molecular formula is C18H21ClN6O3. The first-order valence-corrected chi connectivity index (χ1v) is 9.06. The molecule has 0 saturated heterocycles. The van der Waals surface area contributed by atoms with Gasteiger partial charge in [-0.2, -0.15) is 10.2 Å². The van der Waals surface area contributed by atoms with E-state index < -0.39 is 5.91 Å². The fourth-order valence-corrected chi connectivity index (χ4v) is 2.86. The maximum Gasteiger partial charge on any atom is 0.274 e. The lowest BCUT2D eigenvalue weighted by atomic mass is 10.3. The summed E-state index contributed by atoms with van der Waals surface area (Å²) in [5.41, 5.74) is 2.01. The maximum absolute atomic E-state index is 12.4. The molecule has 0 aliphatic carbocycles. The minimum Gasteiger partial charge on any atom is -0.467 e. The Balaban J connectivity index is 1.61. The van der Waals surface area contributed by atoms with Crippen LogP contribution in [0.25, 0.3) is 0 Å². The zero-order valence-electron chi connectivity index (χ0n) is 15.8. The van der Waals surface area contributed by atoms with Crippen molar-refractivity contribution in [2.75, 3.05) is 5.32 Å². The molecule has 0 radical (unpaired) electrons. The number of aryl methyl sites for hydroxylation is 3. The smallest absolute Gasteiger partial charge is 0.274 e. The van der Waals surface area contributed by atoms with Crippen molar-refractivity contribution in [1.82, 2.24) is 24.9 Å². The van der Waals surface area contributed by atoms with Crippen LogP contribution in [0.2, 0.25) is 5.02 Å². The second-order valence-electron chi connectivity index (χ2n) is 6.33. The zero-order valence-corrected chi connectivity index (χ0v) is 16.6. The number of carbonyl (C=O) groups excluding carboxylic acids is 2. The fourth-order valence-electron chi connectivity index (χ4n) is 2.72. The standard InChI is InChI=1S/C18H21ClN6O3/c1-11-16(19)12(2)25(22-11)7-6-15(26)21-14-10-24(3)23-17(14)18(27)20-9-13-5-4-8-28-13/h4-5,8,10H,6-7,9H2,1-3H3,(H,20,27)(H,21,26). The number of rotatable bonds is 7. The van der Waals surface area contributed by atoms with E-state index in [2.05, 4.69) is 20.8 Å². The van der Waals surface area contributed by atoms with Crippen LogP contribution in [-0.2, 0) is 24.9 Å². The number of anilines is 1. The topological polar surface area (TPSA) is 107 Å². The van der Waals surface area contributed by atoms with Crippen LogP contribution in [0, 0.1) is 13.8 Å². The van der Waals surface area contributed by atoms with Gasteiger partial charge in [0, 0.05) is 19.7 Å². The first kappa shape index (κ1) is 19.7. The molecule has 28 heavy (non-hydrogen) atoms. The third kappa shape index (κ3) is 4.42. The number of aromatic nitrogens is 4. The van der Waals surface area contributed by atoms with Crippen molar-refractivity contribution < 1.29 is 14.0 Å². The van der Waals surface area contributed by atoms with Crippen molar-refractivity contribution in [3.63, 3.8) is 0 Å². The van der Waals surface area contributed by atoms with Crippen molar-refractivity contribution in [3.05, 3.63) is 52.5 Å². The summed E-state index contributed by atoms with van der Waals surface area (Å²) in [5, 5.41) is 14.5. The molecule has 0 spiro atoms. The number of furan rings is 1. The predicted molar refractivity (Wildman–Crippen MR) is 103 cm³/mol. The zero-order chi connectivity index (χ0) is 20.3. The molecule has 0 fully saturated rings. The predicted octanol–water partition coefficient (Wildman–Crippen LogP) is 2.44. The molecule has 3 heterocycles. The van der Waals surface area contributed by atoms with Crippen LogP contribution in [-0.4, -0.2) is 31.4 Å². The SMILES string of the molecule is Cc1nn(CCC(=O)Nc2cn(C)nc2C(=O)NCc2ccco2)c(C)c1Cl. The molecule has 0 saturated carbocycles. The number of hydrogen-bond acceptors (Lipinski definition) is 5. The summed E-state index contributed by atoms with van der Waals surface area (Å²) >= 11 is 6.12. The average Bonchev–Trinajstić information content (AvgIpc) is 3.36. The van der Waals surface area contributed by atoms with Crippen molar-refractivity contribution in [1.29, 1.82) is 0 Å². The van der Waals surface area contributed by atoms with E-state index in [0.717, 1.165) is 11.4 Å². The molecule has 3 rings (SSSR count). The lowest BCUT2D eigenvalue weighted by Gasteiger charge is -2.07. The van der Waals surface area contributed by atoms with Gasteiger partial charge in [0.05, 0.1) is 41.5 Å². The van der Waals surface area contributed by atoms with Gasteiger partial charge in [-0.05, 0) is 26.0 Å². The van der Waals surface area contributed by atoms with E-state index in [4.69, 9.17) is 16.0 Å². The molecule has 0 atom stereocenters. The molecule has 2 N–H and O–H groups in total. The van der Waals surface area contributed by atoms with Gasteiger partial charge in [-0.3, -0.25) is 19.0 Å². The van der Waals surface area contributed by atoms with Gasteiger partial charge in [0.25, 0.3) is 5.91 Å². The Morgan fingerprint density at radius 2 is 2.07 bits per heavy atom. The van der Waals surface area contributed by atoms with Crippen LogP contribution >= 0.6 is 11.6 Å². The van der Waals surface area contributed by atoms with Crippen molar-refractivity contribution in [3.8, 4) is 0 Å². The Morgan fingerprint density at radius 1 is 1.29 bits per heavy atom. The van der Waals surface area contributed by atoms with Crippen molar-refractivity contribution in [2.45, 2.75) is 33.4 Å². The number of carbonyl (C=O) groups is 2. The van der Waals surface area contributed by atoms with E-state index >= 15 is 0 Å². The molecule has 148 valence electrons. The van der Waals surface area contributed by atoms with Crippen LogP contribution < -0.4 is 10.6 Å².